The minimum Gasteiger partial charge on any atom is -0.317 e. The molecule has 2 heterocycles. The van der Waals surface area contributed by atoms with E-state index in [1.165, 1.54) is 71.2 Å². The number of rotatable bonds is 3. The van der Waals surface area contributed by atoms with Crippen LogP contribution in [0.15, 0.2) is 0 Å². The molecule has 2 aliphatic heterocycles. The normalized spacial score (nSPS) is 30.8. The highest BCUT2D eigenvalue weighted by atomic mass is 15.1. The van der Waals surface area contributed by atoms with E-state index in [1.54, 1.807) is 0 Å². The lowest BCUT2D eigenvalue weighted by Gasteiger charge is -2.37. The van der Waals surface area contributed by atoms with Crippen LogP contribution in [-0.2, 0) is 0 Å². The Morgan fingerprint density at radius 2 is 1.44 bits per heavy atom. The van der Waals surface area contributed by atoms with Crippen molar-refractivity contribution >= 4 is 0 Å². The Hall–Kier alpha value is -0.0800. The SMILES string of the molecule is C1CC(C2CCN(CC3CC3)CC2)CCN1. The van der Waals surface area contributed by atoms with Crippen molar-refractivity contribution in [3.05, 3.63) is 0 Å². The van der Waals surface area contributed by atoms with Crippen LogP contribution in [0.2, 0.25) is 0 Å². The molecule has 0 spiro atoms. The van der Waals surface area contributed by atoms with Crippen LogP contribution in [0.5, 0.6) is 0 Å². The number of piperidine rings is 2. The lowest BCUT2D eigenvalue weighted by molar-refractivity contribution is 0.127. The van der Waals surface area contributed by atoms with Gasteiger partial charge in [0.1, 0.15) is 0 Å². The van der Waals surface area contributed by atoms with Crippen molar-refractivity contribution in [2.45, 2.75) is 38.5 Å². The van der Waals surface area contributed by atoms with E-state index in [0.717, 1.165) is 17.8 Å². The summed E-state index contributed by atoms with van der Waals surface area (Å²) in [7, 11) is 0. The van der Waals surface area contributed by atoms with E-state index in [0.29, 0.717) is 0 Å². The van der Waals surface area contributed by atoms with Crippen molar-refractivity contribution in [1.82, 2.24) is 10.2 Å². The fourth-order valence-electron chi connectivity index (χ4n) is 3.59. The van der Waals surface area contributed by atoms with Crippen molar-refractivity contribution in [3.8, 4) is 0 Å². The molecule has 3 aliphatic rings. The van der Waals surface area contributed by atoms with Crippen molar-refractivity contribution < 1.29 is 0 Å². The topological polar surface area (TPSA) is 15.3 Å². The molecule has 0 radical (unpaired) electrons. The second kappa shape index (κ2) is 5.05. The molecule has 1 aliphatic carbocycles. The summed E-state index contributed by atoms with van der Waals surface area (Å²) in [6.07, 6.45) is 8.86. The molecule has 16 heavy (non-hydrogen) atoms. The zero-order valence-electron chi connectivity index (χ0n) is 10.5. The maximum Gasteiger partial charge on any atom is 0.000966 e. The summed E-state index contributed by atoms with van der Waals surface area (Å²) in [4.78, 5) is 2.73. The highest BCUT2D eigenvalue weighted by molar-refractivity contribution is 4.84. The van der Waals surface area contributed by atoms with Crippen LogP contribution in [0.25, 0.3) is 0 Å². The molecule has 2 nitrogen and oxygen atoms in total. The molecule has 3 rings (SSSR count). The van der Waals surface area contributed by atoms with Gasteiger partial charge in [-0.25, -0.2) is 0 Å². The summed E-state index contributed by atoms with van der Waals surface area (Å²) in [6.45, 7) is 6.75. The van der Waals surface area contributed by atoms with Crippen LogP contribution in [0.4, 0.5) is 0 Å². The van der Waals surface area contributed by atoms with Crippen LogP contribution < -0.4 is 5.32 Å². The van der Waals surface area contributed by atoms with Gasteiger partial charge in [0.05, 0.1) is 0 Å². The molecule has 2 saturated heterocycles. The zero-order chi connectivity index (χ0) is 10.8. The van der Waals surface area contributed by atoms with Gasteiger partial charge in [-0.1, -0.05) is 0 Å². The second-order valence-electron chi connectivity index (χ2n) is 6.17. The standard InChI is InChI=1S/C14H26N2/c1-2-12(1)11-16-9-5-14(6-10-16)13-3-7-15-8-4-13/h12-15H,1-11H2. The number of hydrogen-bond acceptors (Lipinski definition) is 2. The van der Waals surface area contributed by atoms with Crippen molar-refractivity contribution in [2.75, 3.05) is 32.7 Å². The van der Waals surface area contributed by atoms with E-state index in [9.17, 15) is 0 Å². The lowest BCUT2D eigenvalue weighted by atomic mass is 9.79. The third-order valence-electron chi connectivity index (χ3n) is 4.90. The van der Waals surface area contributed by atoms with E-state index < -0.39 is 0 Å². The maximum absolute atomic E-state index is 3.49. The summed E-state index contributed by atoms with van der Waals surface area (Å²) < 4.78 is 0. The summed E-state index contributed by atoms with van der Waals surface area (Å²) in [5, 5.41) is 3.49. The molecule has 0 atom stereocenters. The molecular weight excluding hydrogens is 196 g/mol. The van der Waals surface area contributed by atoms with Crippen LogP contribution in [0.1, 0.15) is 38.5 Å². The lowest BCUT2D eigenvalue weighted by Crippen LogP contribution is -2.40. The first-order chi connectivity index (χ1) is 7.92. The largest absolute Gasteiger partial charge is 0.317 e. The van der Waals surface area contributed by atoms with Crippen LogP contribution in [-0.4, -0.2) is 37.6 Å². The first kappa shape index (κ1) is 11.0. The molecule has 3 fully saturated rings. The Morgan fingerprint density at radius 1 is 0.812 bits per heavy atom. The number of likely N-dealkylation sites (tertiary alicyclic amines) is 1. The first-order valence-corrected chi connectivity index (χ1v) is 7.35. The van der Waals surface area contributed by atoms with E-state index in [1.807, 2.05) is 0 Å². The fraction of sp³-hybridized carbons (Fsp3) is 1.00. The van der Waals surface area contributed by atoms with E-state index in [4.69, 9.17) is 0 Å². The molecule has 0 aromatic rings. The Morgan fingerprint density at radius 3 is 2.06 bits per heavy atom. The highest BCUT2D eigenvalue weighted by Gasteiger charge is 2.30. The smallest absolute Gasteiger partial charge is 0.000966 e. The molecule has 1 N–H and O–H groups in total. The van der Waals surface area contributed by atoms with Gasteiger partial charge in [0.15, 0.2) is 0 Å². The van der Waals surface area contributed by atoms with Gasteiger partial charge in [0.25, 0.3) is 0 Å². The molecule has 0 aromatic carbocycles. The summed E-state index contributed by atoms with van der Waals surface area (Å²) in [5.41, 5.74) is 0. The number of nitrogens with zero attached hydrogens (tertiary/aromatic N) is 1. The van der Waals surface area contributed by atoms with E-state index in [-0.39, 0.29) is 0 Å². The molecule has 92 valence electrons. The van der Waals surface area contributed by atoms with Gasteiger partial charge in [0, 0.05) is 6.54 Å². The molecular formula is C14H26N2. The molecule has 0 unspecified atom stereocenters. The average molecular weight is 222 g/mol. The monoisotopic (exact) mass is 222 g/mol. The van der Waals surface area contributed by atoms with Gasteiger partial charge in [-0.15, -0.1) is 0 Å². The Kier molecular flexibility index (Phi) is 3.49. The third-order valence-corrected chi connectivity index (χ3v) is 4.90. The van der Waals surface area contributed by atoms with Crippen molar-refractivity contribution in [3.63, 3.8) is 0 Å². The predicted octanol–water partition coefficient (Wildman–Crippen LogP) is 2.11. The molecule has 0 bridgehead atoms. The summed E-state index contributed by atoms with van der Waals surface area (Å²) in [5.74, 6) is 3.18. The number of hydrogen-bond donors (Lipinski definition) is 1. The van der Waals surface area contributed by atoms with Crippen molar-refractivity contribution in [2.24, 2.45) is 17.8 Å². The first-order valence-electron chi connectivity index (χ1n) is 7.35. The van der Waals surface area contributed by atoms with Gasteiger partial charge >= 0.3 is 0 Å². The van der Waals surface area contributed by atoms with Gasteiger partial charge in [-0.3, -0.25) is 0 Å². The average Bonchev–Trinajstić information content (AvgIpc) is 3.15. The molecule has 0 amide bonds. The van der Waals surface area contributed by atoms with E-state index >= 15 is 0 Å². The Balaban J connectivity index is 1.42. The van der Waals surface area contributed by atoms with Gasteiger partial charge in [0.2, 0.25) is 0 Å². The summed E-state index contributed by atoms with van der Waals surface area (Å²) in [6, 6.07) is 0. The summed E-state index contributed by atoms with van der Waals surface area (Å²) >= 11 is 0. The Labute approximate surface area is 99.8 Å². The zero-order valence-corrected chi connectivity index (χ0v) is 10.5. The maximum atomic E-state index is 3.49. The van der Waals surface area contributed by atoms with E-state index in [2.05, 4.69) is 10.2 Å². The van der Waals surface area contributed by atoms with Crippen molar-refractivity contribution in [1.29, 1.82) is 0 Å². The molecule has 1 saturated carbocycles. The molecule has 2 heteroatoms. The van der Waals surface area contributed by atoms with Crippen LogP contribution >= 0.6 is 0 Å². The predicted molar refractivity (Wildman–Crippen MR) is 67.5 cm³/mol. The molecule has 0 aromatic heterocycles. The van der Waals surface area contributed by atoms with Crippen LogP contribution in [0.3, 0.4) is 0 Å². The van der Waals surface area contributed by atoms with Gasteiger partial charge < -0.3 is 10.2 Å². The Bertz CT molecular complexity index is 211. The highest BCUT2D eigenvalue weighted by Crippen LogP contribution is 2.34. The van der Waals surface area contributed by atoms with Gasteiger partial charge in [-0.05, 0) is 82.5 Å². The minimum atomic E-state index is 1.05. The number of nitrogens with one attached hydrogen (secondary N) is 1. The third kappa shape index (κ3) is 2.78. The second-order valence-corrected chi connectivity index (χ2v) is 6.17. The minimum absolute atomic E-state index is 1.05. The van der Waals surface area contributed by atoms with Crippen LogP contribution in [0, 0.1) is 17.8 Å². The quantitative estimate of drug-likeness (QED) is 0.787. The van der Waals surface area contributed by atoms with Gasteiger partial charge in [-0.2, -0.15) is 0 Å². The fourth-order valence-corrected chi connectivity index (χ4v) is 3.59.